The van der Waals surface area contributed by atoms with Gasteiger partial charge in [0.25, 0.3) is 0 Å². The van der Waals surface area contributed by atoms with Gasteiger partial charge in [-0.3, -0.25) is 24.2 Å². The summed E-state index contributed by atoms with van der Waals surface area (Å²) in [7, 11) is 0. The topological polar surface area (TPSA) is 278 Å². The third-order valence-corrected chi connectivity index (χ3v) is 5.33. The van der Waals surface area contributed by atoms with Crippen LogP contribution in [0.4, 0.5) is 0 Å². The number of aliphatic imine (C=N–C) groups is 1. The fraction of sp³-hybridized carbons (Fsp3) is 0.700. The maximum atomic E-state index is 12.7. The molecule has 0 radical (unpaired) electrons. The van der Waals surface area contributed by atoms with Crippen molar-refractivity contribution in [2.75, 3.05) is 18.8 Å². The molecule has 0 spiro atoms. The van der Waals surface area contributed by atoms with Crippen molar-refractivity contribution in [2.24, 2.45) is 27.9 Å². The Morgan fingerprint density at radius 2 is 1.39 bits per heavy atom. The second-order valence-electron chi connectivity index (χ2n) is 7.98. The summed E-state index contributed by atoms with van der Waals surface area (Å²) in [4.78, 5) is 64.1. The van der Waals surface area contributed by atoms with Crippen molar-refractivity contribution in [3.05, 3.63) is 0 Å². The van der Waals surface area contributed by atoms with E-state index in [1.54, 1.807) is 0 Å². The molecule has 0 aliphatic heterocycles. The van der Waals surface area contributed by atoms with Crippen LogP contribution in [-0.4, -0.2) is 88.8 Å². The number of nitrogens with two attached hydrogens (primary N) is 4. The molecule has 0 saturated carbocycles. The normalized spacial score (nSPS) is 14.0. The monoisotopic (exact) mass is 534 g/mol. The standard InChI is InChI=1S/C20H38N8O7S/c21-8-2-1-5-13(19(34)35)27-17(32)12(6-7-15(29)30)26-18(33)14(10-36)28-16(31)11(22)4-3-9-25-20(23)24/h11-14,36H,1-10,21-22H2,(H,26,33)(H,27,32)(H,28,31)(H,29,30)(H,34,35)(H4,23,24,25). The molecule has 206 valence electrons. The van der Waals surface area contributed by atoms with Crippen LogP contribution in [0.1, 0.15) is 44.9 Å². The van der Waals surface area contributed by atoms with Gasteiger partial charge >= 0.3 is 11.9 Å². The van der Waals surface area contributed by atoms with Gasteiger partial charge in [-0.1, -0.05) is 0 Å². The minimum Gasteiger partial charge on any atom is -0.481 e. The Bertz CT molecular complexity index is 779. The molecule has 0 aliphatic rings. The molecule has 15 nitrogen and oxygen atoms in total. The lowest BCUT2D eigenvalue weighted by Crippen LogP contribution is -2.57. The molecule has 16 heteroatoms. The van der Waals surface area contributed by atoms with Crippen LogP contribution in [-0.2, 0) is 24.0 Å². The molecule has 4 unspecified atom stereocenters. The molecule has 0 heterocycles. The van der Waals surface area contributed by atoms with E-state index >= 15 is 0 Å². The van der Waals surface area contributed by atoms with Gasteiger partial charge in [0.1, 0.15) is 18.1 Å². The predicted octanol–water partition coefficient (Wildman–Crippen LogP) is -3.17. The number of unbranched alkanes of at least 4 members (excludes halogenated alkanes) is 1. The predicted molar refractivity (Wildman–Crippen MR) is 135 cm³/mol. The minimum atomic E-state index is -1.36. The van der Waals surface area contributed by atoms with Gasteiger partial charge in [-0.15, -0.1) is 0 Å². The van der Waals surface area contributed by atoms with Gasteiger partial charge in [0, 0.05) is 18.7 Å². The SMILES string of the molecule is NCCCCC(NC(=O)C(CCC(=O)O)NC(=O)C(CS)NC(=O)C(N)CCCN=C(N)N)C(=O)O. The first-order valence-electron chi connectivity index (χ1n) is 11.4. The highest BCUT2D eigenvalue weighted by Crippen LogP contribution is 2.05. The third-order valence-electron chi connectivity index (χ3n) is 4.96. The highest BCUT2D eigenvalue weighted by Gasteiger charge is 2.30. The first kappa shape index (κ1) is 32.9. The fourth-order valence-corrected chi connectivity index (χ4v) is 3.21. The number of hydrogen-bond acceptors (Lipinski definition) is 9. The average Bonchev–Trinajstić information content (AvgIpc) is 2.81. The number of carboxylic acids is 2. The molecule has 4 atom stereocenters. The lowest BCUT2D eigenvalue weighted by atomic mass is 10.1. The zero-order valence-electron chi connectivity index (χ0n) is 20.0. The van der Waals surface area contributed by atoms with Crippen molar-refractivity contribution in [3.63, 3.8) is 0 Å². The van der Waals surface area contributed by atoms with E-state index in [9.17, 15) is 29.1 Å². The van der Waals surface area contributed by atoms with Crippen molar-refractivity contribution in [3.8, 4) is 0 Å². The number of carbonyl (C=O) groups is 5. The van der Waals surface area contributed by atoms with Crippen LogP contribution in [0.3, 0.4) is 0 Å². The Hall–Kier alpha value is -3.11. The van der Waals surface area contributed by atoms with Crippen molar-refractivity contribution in [1.82, 2.24) is 16.0 Å². The van der Waals surface area contributed by atoms with Crippen LogP contribution < -0.4 is 38.9 Å². The maximum Gasteiger partial charge on any atom is 0.326 e. The van der Waals surface area contributed by atoms with Gasteiger partial charge in [0.2, 0.25) is 17.7 Å². The molecule has 0 saturated heterocycles. The smallest absolute Gasteiger partial charge is 0.326 e. The van der Waals surface area contributed by atoms with Gasteiger partial charge in [0.15, 0.2) is 5.96 Å². The average molecular weight is 535 g/mol. The Labute approximate surface area is 214 Å². The Morgan fingerprint density at radius 1 is 0.806 bits per heavy atom. The number of carboxylic acid groups (broad SMARTS) is 2. The molecule has 0 fully saturated rings. The molecular formula is C20H38N8O7S. The third kappa shape index (κ3) is 14.3. The van der Waals surface area contributed by atoms with Crippen LogP contribution in [0.15, 0.2) is 4.99 Å². The van der Waals surface area contributed by atoms with Gasteiger partial charge in [0.05, 0.1) is 6.04 Å². The van der Waals surface area contributed by atoms with E-state index in [2.05, 4.69) is 33.6 Å². The number of nitrogens with one attached hydrogen (secondary N) is 3. The van der Waals surface area contributed by atoms with Crippen molar-refractivity contribution >= 4 is 48.2 Å². The summed E-state index contributed by atoms with van der Waals surface area (Å²) in [6.07, 6.45) is 0.972. The summed E-state index contributed by atoms with van der Waals surface area (Å²) in [5.41, 5.74) is 21.7. The van der Waals surface area contributed by atoms with E-state index in [4.69, 9.17) is 28.0 Å². The number of amides is 3. The molecular weight excluding hydrogens is 496 g/mol. The Morgan fingerprint density at radius 3 is 1.92 bits per heavy atom. The molecule has 36 heavy (non-hydrogen) atoms. The molecule has 0 aliphatic carbocycles. The number of hydrogen-bond donors (Lipinski definition) is 10. The molecule has 3 amide bonds. The maximum absolute atomic E-state index is 12.7. The van der Waals surface area contributed by atoms with Crippen LogP contribution in [0, 0.1) is 0 Å². The van der Waals surface area contributed by atoms with E-state index in [1.807, 2.05) is 0 Å². The molecule has 0 aromatic carbocycles. The van der Waals surface area contributed by atoms with Gasteiger partial charge in [-0.2, -0.15) is 12.6 Å². The number of carbonyl (C=O) groups excluding carboxylic acids is 3. The lowest BCUT2D eigenvalue weighted by Gasteiger charge is -2.24. The highest BCUT2D eigenvalue weighted by molar-refractivity contribution is 7.80. The summed E-state index contributed by atoms with van der Waals surface area (Å²) in [5, 5.41) is 25.5. The summed E-state index contributed by atoms with van der Waals surface area (Å²) in [5.74, 6) is -5.07. The van der Waals surface area contributed by atoms with E-state index in [0.29, 0.717) is 25.8 Å². The zero-order chi connectivity index (χ0) is 27.7. The molecule has 0 bridgehead atoms. The van der Waals surface area contributed by atoms with E-state index in [0.717, 1.165) is 0 Å². The van der Waals surface area contributed by atoms with E-state index in [1.165, 1.54) is 0 Å². The molecule has 0 rings (SSSR count). The number of thiol groups is 1. The van der Waals surface area contributed by atoms with Crippen LogP contribution >= 0.6 is 12.6 Å². The first-order valence-corrected chi connectivity index (χ1v) is 12.0. The van der Waals surface area contributed by atoms with Crippen LogP contribution in [0.25, 0.3) is 0 Å². The van der Waals surface area contributed by atoms with Gasteiger partial charge in [-0.25, -0.2) is 4.79 Å². The van der Waals surface area contributed by atoms with Crippen molar-refractivity contribution < 1.29 is 34.2 Å². The van der Waals surface area contributed by atoms with Crippen molar-refractivity contribution in [2.45, 2.75) is 69.1 Å². The van der Waals surface area contributed by atoms with Crippen molar-refractivity contribution in [1.29, 1.82) is 0 Å². The second-order valence-corrected chi connectivity index (χ2v) is 8.34. The first-order chi connectivity index (χ1) is 16.9. The molecule has 0 aromatic heterocycles. The van der Waals surface area contributed by atoms with E-state index in [-0.39, 0.29) is 37.5 Å². The summed E-state index contributed by atoms with van der Waals surface area (Å²) >= 11 is 4.05. The largest absolute Gasteiger partial charge is 0.481 e. The summed E-state index contributed by atoms with van der Waals surface area (Å²) in [6, 6.07) is -4.77. The summed E-state index contributed by atoms with van der Waals surface area (Å²) < 4.78 is 0. The number of nitrogens with zero attached hydrogens (tertiary/aromatic N) is 1. The number of guanidine groups is 1. The fourth-order valence-electron chi connectivity index (χ4n) is 2.95. The van der Waals surface area contributed by atoms with Crippen LogP contribution in [0.5, 0.6) is 0 Å². The van der Waals surface area contributed by atoms with Gasteiger partial charge in [-0.05, 0) is 45.1 Å². The second kappa shape index (κ2) is 18.2. The molecule has 0 aromatic rings. The number of aliphatic carboxylic acids is 2. The molecule has 13 N–H and O–H groups in total. The van der Waals surface area contributed by atoms with Gasteiger partial charge < -0.3 is 49.1 Å². The number of rotatable bonds is 19. The van der Waals surface area contributed by atoms with Crippen LogP contribution in [0.2, 0.25) is 0 Å². The van der Waals surface area contributed by atoms with E-state index < -0.39 is 60.2 Å². The highest BCUT2D eigenvalue weighted by atomic mass is 32.1. The minimum absolute atomic E-state index is 0.0912. The Kier molecular flexibility index (Phi) is 16.6. The Balaban J connectivity index is 5.20. The quantitative estimate of drug-likeness (QED) is 0.0341. The zero-order valence-corrected chi connectivity index (χ0v) is 20.9. The summed E-state index contributed by atoms with van der Waals surface area (Å²) in [6.45, 7) is 0.623. The lowest BCUT2D eigenvalue weighted by molar-refractivity contribution is -0.143.